The molecule has 26 heavy (non-hydrogen) atoms. The molecule has 0 aliphatic heterocycles. The number of nitrogens with one attached hydrogen (secondary N) is 1. The second-order valence-electron chi connectivity index (χ2n) is 4.86. The SMILES string of the molecule is COc1cc(/C=N/NC(=O)c2ccc(Cl)c([N+](=O)[O-])c2)cc(Br)c1OC. The van der Waals surface area contributed by atoms with Crippen LogP contribution in [0.4, 0.5) is 5.69 Å². The van der Waals surface area contributed by atoms with Crippen LogP contribution in [0.1, 0.15) is 15.9 Å². The molecule has 0 aromatic heterocycles. The molecule has 0 aliphatic carbocycles. The van der Waals surface area contributed by atoms with Crippen LogP contribution in [0.3, 0.4) is 0 Å². The number of nitrogens with zero attached hydrogens (tertiary/aromatic N) is 2. The molecule has 8 nitrogen and oxygen atoms in total. The Balaban J connectivity index is 2.16. The summed E-state index contributed by atoms with van der Waals surface area (Å²) in [4.78, 5) is 22.3. The van der Waals surface area contributed by atoms with Crippen molar-refractivity contribution in [2.75, 3.05) is 14.2 Å². The van der Waals surface area contributed by atoms with E-state index in [1.165, 1.54) is 32.6 Å². The van der Waals surface area contributed by atoms with Crippen molar-refractivity contribution in [1.29, 1.82) is 0 Å². The van der Waals surface area contributed by atoms with Gasteiger partial charge in [0.1, 0.15) is 5.02 Å². The lowest BCUT2D eigenvalue weighted by atomic mass is 10.2. The van der Waals surface area contributed by atoms with E-state index in [4.69, 9.17) is 21.1 Å². The van der Waals surface area contributed by atoms with Gasteiger partial charge in [-0.05, 0) is 45.8 Å². The van der Waals surface area contributed by atoms with E-state index in [9.17, 15) is 14.9 Å². The Kier molecular flexibility index (Phi) is 6.53. The van der Waals surface area contributed by atoms with Crippen molar-refractivity contribution < 1.29 is 19.2 Å². The fraction of sp³-hybridized carbons (Fsp3) is 0.125. The smallest absolute Gasteiger partial charge is 0.288 e. The first-order valence-corrected chi connectivity index (χ1v) is 8.23. The number of halogens is 2. The molecular weight excluding hydrogens is 430 g/mol. The van der Waals surface area contributed by atoms with Crippen LogP contribution in [-0.4, -0.2) is 31.3 Å². The lowest BCUT2D eigenvalue weighted by molar-refractivity contribution is -0.384. The lowest BCUT2D eigenvalue weighted by Gasteiger charge is -2.10. The molecule has 0 heterocycles. The monoisotopic (exact) mass is 441 g/mol. The minimum atomic E-state index is -0.663. The minimum absolute atomic E-state index is 0.0507. The Hall–Kier alpha value is -2.65. The van der Waals surface area contributed by atoms with Crippen LogP contribution < -0.4 is 14.9 Å². The van der Waals surface area contributed by atoms with Crippen LogP contribution in [-0.2, 0) is 0 Å². The number of ether oxygens (including phenoxy) is 2. The third-order valence-corrected chi connectivity index (χ3v) is 4.15. The average molecular weight is 443 g/mol. The third kappa shape index (κ3) is 4.50. The van der Waals surface area contributed by atoms with Crippen LogP contribution in [0.2, 0.25) is 5.02 Å². The van der Waals surface area contributed by atoms with Crippen molar-refractivity contribution in [2.24, 2.45) is 5.10 Å². The largest absolute Gasteiger partial charge is 0.493 e. The topological polar surface area (TPSA) is 103 Å². The number of carbonyl (C=O) groups is 1. The van der Waals surface area contributed by atoms with Crippen molar-refractivity contribution >= 4 is 45.3 Å². The van der Waals surface area contributed by atoms with Gasteiger partial charge in [0.05, 0.1) is 29.8 Å². The van der Waals surface area contributed by atoms with Gasteiger partial charge in [-0.15, -0.1) is 0 Å². The molecule has 0 spiro atoms. The fourth-order valence-electron chi connectivity index (χ4n) is 2.04. The first-order valence-electron chi connectivity index (χ1n) is 7.06. The molecular formula is C16H13BrClN3O5. The molecule has 136 valence electrons. The highest BCUT2D eigenvalue weighted by Crippen LogP contribution is 2.35. The van der Waals surface area contributed by atoms with Gasteiger partial charge in [-0.25, -0.2) is 5.43 Å². The summed E-state index contributed by atoms with van der Waals surface area (Å²) in [5, 5.41) is 14.7. The molecule has 0 saturated heterocycles. The molecule has 1 N–H and O–H groups in total. The van der Waals surface area contributed by atoms with E-state index >= 15 is 0 Å². The van der Waals surface area contributed by atoms with Gasteiger partial charge in [0.2, 0.25) is 0 Å². The molecule has 0 bridgehead atoms. The zero-order valence-electron chi connectivity index (χ0n) is 13.7. The summed E-state index contributed by atoms with van der Waals surface area (Å²) >= 11 is 9.07. The number of carbonyl (C=O) groups excluding carboxylic acids is 1. The van der Waals surface area contributed by atoms with Crippen molar-refractivity contribution in [1.82, 2.24) is 5.43 Å². The van der Waals surface area contributed by atoms with Crippen molar-refractivity contribution in [3.8, 4) is 11.5 Å². The van der Waals surface area contributed by atoms with E-state index in [1.54, 1.807) is 12.1 Å². The molecule has 0 saturated carbocycles. The van der Waals surface area contributed by atoms with Gasteiger partial charge in [-0.1, -0.05) is 11.6 Å². The van der Waals surface area contributed by atoms with Gasteiger partial charge in [0.25, 0.3) is 11.6 Å². The predicted octanol–water partition coefficient (Wildman–Crippen LogP) is 3.79. The Morgan fingerprint density at radius 1 is 1.31 bits per heavy atom. The Labute approximate surface area is 162 Å². The summed E-state index contributed by atoms with van der Waals surface area (Å²) < 4.78 is 11.1. The van der Waals surface area contributed by atoms with E-state index in [2.05, 4.69) is 26.5 Å². The standard InChI is InChI=1S/C16H13BrClN3O5/c1-25-14-6-9(5-11(17)15(14)26-2)8-19-20-16(22)10-3-4-12(18)13(7-10)21(23)24/h3-8H,1-2H3,(H,20,22)/b19-8+. The van der Waals surface area contributed by atoms with Gasteiger partial charge >= 0.3 is 0 Å². The number of amides is 1. The minimum Gasteiger partial charge on any atom is -0.493 e. The summed E-state index contributed by atoms with van der Waals surface area (Å²) in [6.07, 6.45) is 1.40. The highest BCUT2D eigenvalue weighted by Gasteiger charge is 2.16. The Morgan fingerprint density at radius 3 is 2.65 bits per heavy atom. The number of benzene rings is 2. The average Bonchev–Trinajstić information content (AvgIpc) is 2.61. The van der Waals surface area contributed by atoms with Crippen molar-refractivity contribution in [3.05, 3.63) is 61.1 Å². The number of rotatable bonds is 6. The molecule has 2 rings (SSSR count). The van der Waals surface area contributed by atoms with Crippen molar-refractivity contribution in [2.45, 2.75) is 0 Å². The van der Waals surface area contributed by atoms with Gasteiger partial charge in [0.15, 0.2) is 11.5 Å². The number of nitro benzene ring substituents is 1. The summed E-state index contributed by atoms with van der Waals surface area (Å²) in [5.41, 5.74) is 2.64. The number of methoxy groups -OCH3 is 2. The second-order valence-corrected chi connectivity index (χ2v) is 6.12. The number of hydrogen-bond donors (Lipinski definition) is 1. The molecule has 1 amide bonds. The van der Waals surface area contributed by atoms with E-state index in [0.717, 1.165) is 6.07 Å². The molecule has 0 radical (unpaired) electrons. The number of hydrogen-bond acceptors (Lipinski definition) is 6. The summed E-state index contributed by atoms with van der Waals surface area (Å²) in [6.45, 7) is 0. The van der Waals surface area contributed by atoms with Gasteiger partial charge < -0.3 is 9.47 Å². The second kappa shape index (κ2) is 8.63. The first-order chi connectivity index (χ1) is 12.4. The highest BCUT2D eigenvalue weighted by atomic mass is 79.9. The number of nitro groups is 1. The molecule has 10 heteroatoms. The molecule has 2 aromatic rings. The Bertz CT molecular complexity index is 888. The normalized spacial score (nSPS) is 10.6. The molecule has 0 fully saturated rings. The van der Waals surface area contributed by atoms with E-state index in [0.29, 0.717) is 21.5 Å². The predicted molar refractivity (Wildman–Crippen MR) is 100 cm³/mol. The molecule has 2 aromatic carbocycles. The summed E-state index contributed by atoms with van der Waals surface area (Å²) in [5.74, 6) is 0.408. The summed E-state index contributed by atoms with van der Waals surface area (Å²) in [6, 6.07) is 7.13. The molecule has 0 aliphatic rings. The molecule has 0 atom stereocenters. The highest BCUT2D eigenvalue weighted by molar-refractivity contribution is 9.10. The zero-order valence-corrected chi connectivity index (χ0v) is 16.0. The summed E-state index contributed by atoms with van der Waals surface area (Å²) in [7, 11) is 3.02. The Morgan fingerprint density at radius 2 is 2.04 bits per heavy atom. The third-order valence-electron chi connectivity index (χ3n) is 3.24. The van der Waals surface area contributed by atoms with Gasteiger partial charge in [-0.3, -0.25) is 14.9 Å². The quantitative estimate of drug-likeness (QED) is 0.416. The first kappa shape index (κ1) is 19.7. The van der Waals surface area contributed by atoms with Crippen LogP contribution in [0.25, 0.3) is 0 Å². The maximum atomic E-state index is 12.1. The lowest BCUT2D eigenvalue weighted by Crippen LogP contribution is -2.17. The van der Waals surface area contributed by atoms with E-state index in [1.807, 2.05) is 0 Å². The maximum absolute atomic E-state index is 12.1. The van der Waals surface area contributed by atoms with Crippen LogP contribution in [0.5, 0.6) is 11.5 Å². The van der Waals surface area contributed by atoms with E-state index in [-0.39, 0.29) is 16.3 Å². The fourth-order valence-corrected chi connectivity index (χ4v) is 2.84. The van der Waals surface area contributed by atoms with Crippen LogP contribution >= 0.6 is 27.5 Å². The maximum Gasteiger partial charge on any atom is 0.288 e. The zero-order chi connectivity index (χ0) is 19.3. The van der Waals surface area contributed by atoms with Gasteiger partial charge in [0, 0.05) is 11.6 Å². The number of hydrazone groups is 1. The van der Waals surface area contributed by atoms with Crippen LogP contribution in [0, 0.1) is 10.1 Å². The van der Waals surface area contributed by atoms with Crippen LogP contribution in [0.15, 0.2) is 39.9 Å². The van der Waals surface area contributed by atoms with Gasteiger partial charge in [-0.2, -0.15) is 5.10 Å². The van der Waals surface area contributed by atoms with Crippen molar-refractivity contribution in [3.63, 3.8) is 0 Å². The van der Waals surface area contributed by atoms with E-state index < -0.39 is 10.8 Å². The molecule has 0 unspecified atom stereocenters.